The molecule has 19 heteroatoms. The van der Waals surface area contributed by atoms with Crippen molar-refractivity contribution in [3.8, 4) is 30.0 Å². The zero-order chi connectivity index (χ0) is 44.1. The van der Waals surface area contributed by atoms with E-state index < -0.39 is 35.5 Å². The molecule has 4 atom stereocenters. The number of methoxy groups -OCH3 is 2. The molecule has 2 rings (SSSR count). The summed E-state index contributed by atoms with van der Waals surface area (Å²) in [5.74, 6) is -0.574. The second-order valence-corrected chi connectivity index (χ2v) is 13.7. The monoisotopic (exact) mass is 840 g/mol. The van der Waals surface area contributed by atoms with E-state index in [9.17, 15) is 28.6 Å². The standard InChI is InChI=1S/C21H30FN3O4.C17H27FN2O4.C2HN3.Na.H/c1-21(2,28-3)20(27)25-18(7-5-4-6-16(24)12-13-23)19(26)14-29-17-10-8-15(22)9-11-17;1-17(2,23-3)16(22)20-14(5-4-10-19)15(21)11-24-13-8-6-12(18)7-9-13;3-1-5-2-4;;/h8-11,18-19,24,26H,4-7,12,14H2,1-3H3,(H,25,27);6-9,14-15,21H,4-5,10-11,19H2,1-3H3,(H,20,22);5H;;/q;;;+1;-1/t18-,19?;14-,15?;;;/m00.../s1. The Balaban J connectivity index is -0.000000955. The Morgan fingerprint density at radius 3 is 1.49 bits per heavy atom. The Labute approximate surface area is 369 Å². The summed E-state index contributed by atoms with van der Waals surface area (Å²) in [6.07, 6.45) is 4.45. The minimum atomic E-state index is -1.05. The van der Waals surface area contributed by atoms with Gasteiger partial charge >= 0.3 is 29.6 Å². The number of hydrogen-bond acceptors (Lipinski definition) is 14. The minimum Gasteiger partial charge on any atom is -1.00 e. The van der Waals surface area contributed by atoms with Crippen LogP contribution in [-0.4, -0.2) is 97.2 Å². The van der Waals surface area contributed by atoms with Crippen LogP contribution in [0.5, 0.6) is 11.5 Å². The summed E-state index contributed by atoms with van der Waals surface area (Å²) >= 11 is 0. The average molecular weight is 841 g/mol. The van der Waals surface area contributed by atoms with Crippen molar-refractivity contribution in [2.24, 2.45) is 5.73 Å². The van der Waals surface area contributed by atoms with E-state index in [0.717, 1.165) is 0 Å². The van der Waals surface area contributed by atoms with Crippen molar-refractivity contribution in [1.82, 2.24) is 16.0 Å². The molecule has 2 unspecified atom stereocenters. The van der Waals surface area contributed by atoms with E-state index in [1.54, 1.807) is 33.0 Å². The maximum atomic E-state index is 13.0. The van der Waals surface area contributed by atoms with Crippen LogP contribution in [0.3, 0.4) is 0 Å². The van der Waals surface area contributed by atoms with Crippen LogP contribution in [0.4, 0.5) is 8.78 Å². The van der Waals surface area contributed by atoms with Gasteiger partial charge in [0, 0.05) is 19.9 Å². The number of ether oxygens (including phenoxy) is 4. The second-order valence-electron chi connectivity index (χ2n) is 13.7. The fourth-order valence-corrected chi connectivity index (χ4v) is 4.50. The molecule has 0 spiro atoms. The number of rotatable bonds is 23. The van der Waals surface area contributed by atoms with Crippen molar-refractivity contribution < 1.29 is 78.5 Å². The number of nitrogens with zero attached hydrogens (tertiary/aromatic N) is 3. The van der Waals surface area contributed by atoms with E-state index >= 15 is 0 Å². The Hall–Kier alpha value is -4.42. The van der Waals surface area contributed by atoms with Gasteiger partial charge in [0.2, 0.25) is 0 Å². The SMILES string of the molecule is COC(C)(C)C(=O)N[C@@H](CCCCC(=N)CC#N)C(O)COc1ccc(F)cc1.COC(C)(C)C(=O)N[C@@H](CCCN)C(O)COc1ccc(F)cc1.N#CNC#N.[H-].[Na+]. The molecular formula is C40H59F2N8NaO8. The molecule has 0 aromatic heterocycles. The van der Waals surface area contributed by atoms with E-state index in [-0.39, 0.29) is 74.1 Å². The molecule has 0 aliphatic carbocycles. The maximum absolute atomic E-state index is 13.0. The molecule has 0 bridgehead atoms. The topological polar surface area (TPSA) is 269 Å². The van der Waals surface area contributed by atoms with E-state index in [1.807, 2.05) is 6.07 Å². The smallest absolute Gasteiger partial charge is 1.00 e. The summed E-state index contributed by atoms with van der Waals surface area (Å²) in [6.45, 7) is 6.88. The first-order valence-electron chi connectivity index (χ1n) is 18.4. The summed E-state index contributed by atoms with van der Waals surface area (Å²) in [4.78, 5) is 24.7. The second kappa shape index (κ2) is 31.5. The van der Waals surface area contributed by atoms with Gasteiger partial charge in [-0.15, -0.1) is 0 Å². The van der Waals surface area contributed by atoms with Gasteiger partial charge in [0.05, 0.1) is 24.6 Å². The third-order valence-electron chi connectivity index (χ3n) is 8.51. The van der Waals surface area contributed by atoms with Crippen LogP contribution in [0.25, 0.3) is 0 Å². The first-order valence-corrected chi connectivity index (χ1v) is 18.4. The van der Waals surface area contributed by atoms with Gasteiger partial charge in [-0.2, -0.15) is 15.8 Å². The van der Waals surface area contributed by atoms with Crippen LogP contribution in [-0.2, 0) is 19.1 Å². The number of nitrogens with two attached hydrogens (primary N) is 1. The molecule has 0 aliphatic heterocycles. The number of aliphatic hydroxyl groups is 2. The molecule has 2 amide bonds. The van der Waals surface area contributed by atoms with E-state index in [2.05, 4.69) is 10.6 Å². The van der Waals surface area contributed by atoms with Gasteiger partial charge in [0.25, 0.3) is 11.8 Å². The van der Waals surface area contributed by atoms with Gasteiger partial charge in [-0.3, -0.25) is 9.59 Å². The molecule has 16 nitrogen and oxygen atoms in total. The number of hydrogen-bond donors (Lipinski definition) is 7. The van der Waals surface area contributed by atoms with Crippen LogP contribution in [0.1, 0.15) is 74.1 Å². The number of nitrogens with one attached hydrogen (secondary N) is 4. The third-order valence-corrected chi connectivity index (χ3v) is 8.51. The number of halogens is 2. The van der Waals surface area contributed by atoms with Gasteiger partial charge in [-0.25, -0.2) is 14.1 Å². The normalized spacial score (nSPS) is 12.5. The van der Waals surface area contributed by atoms with Crippen LogP contribution in [0, 0.1) is 51.3 Å². The zero-order valence-corrected chi connectivity index (χ0v) is 37.0. The predicted octanol–water partition coefficient (Wildman–Crippen LogP) is 0.838. The molecular weight excluding hydrogens is 781 g/mol. The van der Waals surface area contributed by atoms with Gasteiger partial charge in [-0.1, -0.05) is 6.42 Å². The predicted molar refractivity (Wildman–Crippen MR) is 212 cm³/mol. The molecule has 0 fully saturated rings. The van der Waals surface area contributed by atoms with Crippen molar-refractivity contribution in [3.05, 3.63) is 60.2 Å². The van der Waals surface area contributed by atoms with Crippen molar-refractivity contribution >= 4 is 17.5 Å². The van der Waals surface area contributed by atoms with E-state index in [4.69, 9.17) is 45.9 Å². The zero-order valence-electron chi connectivity index (χ0n) is 36.0. The first-order chi connectivity index (χ1) is 27.4. The number of amides is 2. The number of carbonyl (C=O) groups excluding carboxylic acids is 2. The van der Waals surface area contributed by atoms with Gasteiger partial charge in [0.1, 0.15) is 59.8 Å². The van der Waals surface area contributed by atoms with E-state index in [1.165, 1.54) is 75.1 Å². The van der Waals surface area contributed by atoms with Gasteiger partial charge in [-0.05, 0) is 115 Å². The van der Waals surface area contributed by atoms with Crippen molar-refractivity contribution in [2.75, 3.05) is 34.0 Å². The number of unbranched alkanes of at least 4 members (excludes halogenated alkanes) is 1. The Kier molecular flexibility index (Phi) is 30.3. The fraction of sp³-hybridized carbons (Fsp3) is 0.550. The summed E-state index contributed by atoms with van der Waals surface area (Å²) in [5.41, 5.74) is 3.83. The van der Waals surface area contributed by atoms with Crippen molar-refractivity contribution in [3.63, 3.8) is 0 Å². The van der Waals surface area contributed by atoms with Gasteiger partial charge in [0.15, 0.2) is 12.4 Å². The third kappa shape index (κ3) is 25.0. The number of benzene rings is 2. The Morgan fingerprint density at radius 2 is 1.17 bits per heavy atom. The maximum Gasteiger partial charge on any atom is 1.00 e. The molecule has 8 N–H and O–H groups in total. The first kappa shape index (κ1) is 56.7. The van der Waals surface area contributed by atoms with E-state index in [0.29, 0.717) is 62.3 Å². The fourth-order valence-electron chi connectivity index (χ4n) is 4.50. The largest absolute Gasteiger partial charge is 1.00 e. The van der Waals surface area contributed by atoms with Crippen molar-refractivity contribution in [2.45, 2.75) is 108 Å². The Bertz CT molecular complexity index is 1630. The van der Waals surface area contributed by atoms with Crippen LogP contribution >= 0.6 is 0 Å². The molecule has 0 heterocycles. The molecule has 2 aromatic carbocycles. The Morgan fingerprint density at radius 1 is 0.780 bits per heavy atom. The average Bonchev–Trinajstić information content (AvgIpc) is 3.20. The molecule has 322 valence electrons. The van der Waals surface area contributed by atoms with Crippen LogP contribution in [0.2, 0.25) is 0 Å². The number of aliphatic hydroxyl groups excluding tert-OH is 2. The summed E-state index contributed by atoms with van der Waals surface area (Å²) in [5, 5.41) is 59.4. The van der Waals surface area contributed by atoms with Gasteiger partial charge < -0.3 is 52.4 Å². The van der Waals surface area contributed by atoms with Crippen LogP contribution in [0.15, 0.2) is 48.5 Å². The molecule has 0 saturated heterocycles. The summed E-state index contributed by atoms with van der Waals surface area (Å²) in [6, 6.07) is 11.8. The summed E-state index contributed by atoms with van der Waals surface area (Å²) < 4.78 is 47.1. The van der Waals surface area contributed by atoms with Crippen LogP contribution < -0.4 is 60.7 Å². The summed E-state index contributed by atoms with van der Waals surface area (Å²) in [7, 11) is 2.88. The molecule has 59 heavy (non-hydrogen) atoms. The molecule has 0 aliphatic rings. The molecule has 2 aromatic rings. The minimum absolute atomic E-state index is 0. The quantitative estimate of drug-likeness (QED) is 0.0269. The number of nitriles is 3. The number of carbonyl (C=O) groups is 2. The molecule has 0 saturated carbocycles. The molecule has 0 radical (unpaired) electrons. The van der Waals surface area contributed by atoms with Crippen molar-refractivity contribution in [1.29, 1.82) is 21.2 Å².